The van der Waals surface area contributed by atoms with Crippen molar-refractivity contribution >= 4 is 11.5 Å². The normalized spacial score (nSPS) is 26.9. The Bertz CT molecular complexity index is 605. The fourth-order valence-electron chi connectivity index (χ4n) is 3.73. The van der Waals surface area contributed by atoms with E-state index in [-0.39, 0.29) is 0 Å². The third-order valence-corrected chi connectivity index (χ3v) is 4.71. The molecule has 1 aliphatic heterocycles. The van der Waals surface area contributed by atoms with Gasteiger partial charge in [0.15, 0.2) is 11.5 Å². The molecule has 2 aromatic rings. The van der Waals surface area contributed by atoms with Gasteiger partial charge in [0.25, 0.3) is 0 Å². The largest absolute Gasteiger partial charge is 0.352 e. The molecule has 1 saturated heterocycles. The number of hydrogen-bond acceptors (Lipinski definition) is 4. The SMILES string of the molecule is Cc1nnc2ccc(N3CCC4CCCCC43)nn12. The van der Waals surface area contributed by atoms with Crippen LogP contribution < -0.4 is 4.90 Å². The number of rotatable bonds is 1. The van der Waals surface area contributed by atoms with Crippen LogP contribution >= 0.6 is 0 Å². The molecule has 0 radical (unpaired) electrons. The van der Waals surface area contributed by atoms with Crippen LogP contribution in [0.4, 0.5) is 5.82 Å². The van der Waals surface area contributed by atoms with Crippen molar-refractivity contribution in [1.29, 1.82) is 0 Å². The predicted molar refractivity (Wildman–Crippen MR) is 73.2 cm³/mol. The molecule has 0 aromatic carbocycles. The van der Waals surface area contributed by atoms with Crippen LogP contribution in [0.2, 0.25) is 0 Å². The molecule has 0 spiro atoms. The van der Waals surface area contributed by atoms with Crippen molar-refractivity contribution in [2.75, 3.05) is 11.4 Å². The summed E-state index contributed by atoms with van der Waals surface area (Å²) in [6.07, 6.45) is 6.82. The van der Waals surface area contributed by atoms with Crippen molar-refractivity contribution in [2.45, 2.75) is 45.1 Å². The van der Waals surface area contributed by atoms with Gasteiger partial charge in [0.2, 0.25) is 0 Å². The van der Waals surface area contributed by atoms with E-state index in [9.17, 15) is 0 Å². The van der Waals surface area contributed by atoms with Gasteiger partial charge in [0, 0.05) is 12.6 Å². The van der Waals surface area contributed by atoms with E-state index in [0.717, 1.165) is 29.8 Å². The van der Waals surface area contributed by atoms with Crippen LogP contribution in [0.25, 0.3) is 5.65 Å². The van der Waals surface area contributed by atoms with Crippen molar-refractivity contribution in [1.82, 2.24) is 19.8 Å². The van der Waals surface area contributed by atoms with E-state index >= 15 is 0 Å². The average Bonchev–Trinajstić information content (AvgIpc) is 3.03. The van der Waals surface area contributed by atoms with E-state index in [4.69, 9.17) is 5.10 Å². The summed E-state index contributed by atoms with van der Waals surface area (Å²) in [5, 5.41) is 12.9. The highest BCUT2D eigenvalue weighted by molar-refractivity contribution is 5.47. The van der Waals surface area contributed by atoms with E-state index < -0.39 is 0 Å². The van der Waals surface area contributed by atoms with Crippen LogP contribution in [0.5, 0.6) is 0 Å². The molecule has 0 bridgehead atoms. The standard InChI is InChI=1S/C14H19N5/c1-10-15-16-13-6-7-14(17-19(10)13)18-9-8-11-4-2-3-5-12(11)18/h6-7,11-12H,2-5,8-9H2,1H3. The monoisotopic (exact) mass is 257 g/mol. The van der Waals surface area contributed by atoms with Gasteiger partial charge in [-0.3, -0.25) is 0 Å². The summed E-state index contributed by atoms with van der Waals surface area (Å²) in [5.74, 6) is 2.83. The highest BCUT2D eigenvalue weighted by Gasteiger charge is 2.36. The van der Waals surface area contributed by atoms with Crippen LogP contribution in [0.3, 0.4) is 0 Å². The average molecular weight is 257 g/mol. The van der Waals surface area contributed by atoms with Gasteiger partial charge in [-0.15, -0.1) is 15.3 Å². The molecule has 2 atom stereocenters. The summed E-state index contributed by atoms with van der Waals surface area (Å²) in [6, 6.07) is 4.83. The zero-order chi connectivity index (χ0) is 12.8. The first kappa shape index (κ1) is 11.2. The molecule has 4 rings (SSSR count). The van der Waals surface area contributed by atoms with Crippen LogP contribution in [0.15, 0.2) is 12.1 Å². The van der Waals surface area contributed by atoms with Gasteiger partial charge >= 0.3 is 0 Å². The molecule has 1 saturated carbocycles. The van der Waals surface area contributed by atoms with Crippen molar-refractivity contribution in [3.8, 4) is 0 Å². The van der Waals surface area contributed by atoms with Crippen molar-refractivity contribution in [3.05, 3.63) is 18.0 Å². The lowest BCUT2D eigenvalue weighted by molar-refractivity contribution is 0.341. The second-order valence-electron chi connectivity index (χ2n) is 5.80. The molecule has 1 aliphatic carbocycles. The molecule has 2 fully saturated rings. The summed E-state index contributed by atoms with van der Waals surface area (Å²) >= 11 is 0. The molecule has 5 heteroatoms. The van der Waals surface area contributed by atoms with E-state index in [1.807, 2.05) is 17.5 Å². The molecule has 0 amide bonds. The second kappa shape index (κ2) is 4.18. The van der Waals surface area contributed by atoms with Crippen LogP contribution in [-0.4, -0.2) is 32.4 Å². The van der Waals surface area contributed by atoms with Gasteiger partial charge in [-0.25, -0.2) is 0 Å². The Kier molecular flexibility index (Phi) is 2.47. The summed E-state index contributed by atoms with van der Waals surface area (Å²) < 4.78 is 1.85. The molecule has 2 aromatic heterocycles. The first-order valence-corrected chi connectivity index (χ1v) is 7.28. The van der Waals surface area contributed by atoms with Gasteiger partial charge in [-0.1, -0.05) is 12.8 Å². The third-order valence-electron chi connectivity index (χ3n) is 4.71. The number of nitrogens with zero attached hydrogens (tertiary/aromatic N) is 5. The number of aryl methyl sites for hydroxylation is 1. The van der Waals surface area contributed by atoms with E-state index in [1.54, 1.807) is 0 Å². The van der Waals surface area contributed by atoms with Gasteiger partial charge in [-0.2, -0.15) is 4.52 Å². The molecule has 19 heavy (non-hydrogen) atoms. The zero-order valence-corrected chi connectivity index (χ0v) is 11.3. The smallest absolute Gasteiger partial charge is 0.178 e. The summed E-state index contributed by atoms with van der Waals surface area (Å²) in [4.78, 5) is 2.50. The van der Waals surface area contributed by atoms with E-state index in [1.165, 1.54) is 32.1 Å². The first-order valence-electron chi connectivity index (χ1n) is 7.28. The Labute approximate surface area is 112 Å². The number of hydrogen-bond donors (Lipinski definition) is 0. The minimum Gasteiger partial charge on any atom is -0.352 e. The minimum atomic E-state index is 0.704. The summed E-state index contributed by atoms with van der Waals surface area (Å²) in [5.41, 5.74) is 0.834. The topological polar surface area (TPSA) is 46.3 Å². The fourth-order valence-corrected chi connectivity index (χ4v) is 3.73. The van der Waals surface area contributed by atoms with Crippen molar-refractivity contribution in [3.63, 3.8) is 0 Å². The minimum absolute atomic E-state index is 0.704. The molecule has 0 N–H and O–H groups in total. The highest BCUT2D eigenvalue weighted by atomic mass is 15.4. The predicted octanol–water partition coefficient (Wildman–Crippen LogP) is 2.20. The van der Waals surface area contributed by atoms with Crippen molar-refractivity contribution in [2.24, 2.45) is 5.92 Å². The van der Waals surface area contributed by atoms with Gasteiger partial charge in [-0.05, 0) is 44.2 Å². The lowest BCUT2D eigenvalue weighted by atomic mass is 9.85. The zero-order valence-electron chi connectivity index (χ0n) is 11.3. The maximum atomic E-state index is 4.73. The first-order chi connectivity index (χ1) is 9.33. The summed E-state index contributed by atoms with van der Waals surface area (Å²) in [7, 11) is 0. The highest BCUT2D eigenvalue weighted by Crippen LogP contribution is 2.38. The Hall–Kier alpha value is -1.65. The third kappa shape index (κ3) is 1.71. The molecular formula is C14H19N5. The summed E-state index contributed by atoms with van der Waals surface area (Å²) in [6.45, 7) is 3.10. The van der Waals surface area contributed by atoms with Crippen LogP contribution in [-0.2, 0) is 0 Å². The van der Waals surface area contributed by atoms with Crippen LogP contribution in [0, 0.1) is 12.8 Å². The Balaban J connectivity index is 1.71. The van der Waals surface area contributed by atoms with Gasteiger partial charge < -0.3 is 4.90 Å². The molecule has 2 aliphatic rings. The van der Waals surface area contributed by atoms with Gasteiger partial charge in [0.05, 0.1) is 0 Å². The molecule has 3 heterocycles. The number of anilines is 1. The Morgan fingerprint density at radius 2 is 2.00 bits per heavy atom. The lowest BCUT2D eigenvalue weighted by Crippen LogP contribution is -2.35. The van der Waals surface area contributed by atoms with E-state index in [0.29, 0.717) is 6.04 Å². The Morgan fingerprint density at radius 1 is 1.11 bits per heavy atom. The number of fused-ring (bicyclic) bond motifs is 2. The van der Waals surface area contributed by atoms with Gasteiger partial charge in [0.1, 0.15) is 5.82 Å². The molecular weight excluding hydrogens is 238 g/mol. The van der Waals surface area contributed by atoms with Crippen LogP contribution in [0.1, 0.15) is 37.9 Å². The fraction of sp³-hybridized carbons (Fsp3) is 0.643. The molecule has 2 unspecified atom stereocenters. The number of aromatic nitrogens is 4. The van der Waals surface area contributed by atoms with E-state index in [2.05, 4.69) is 21.2 Å². The lowest BCUT2D eigenvalue weighted by Gasteiger charge is -2.32. The maximum Gasteiger partial charge on any atom is 0.178 e. The molecule has 5 nitrogen and oxygen atoms in total. The maximum absolute atomic E-state index is 4.73. The molecule has 100 valence electrons. The Morgan fingerprint density at radius 3 is 2.95 bits per heavy atom. The second-order valence-corrected chi connectivity index (χ2v) is 5.80. The van der Waals surface area contributed by atoms with Crippen molar-refractivity contribution < 1.29 is 0 Å². The quantitative estimate of drug-likeness (QED) is 0.785.